The number of carbonyl (C=O) groups excluding carboxylic acids is 2. The molecule has 1 aromatic rings. The van der Waals surface area contributed by atoms with E-state index >= 15 is 0 Å². The first-order valence-electron chi connectivity index (χ1n) is 5.14. The number of primary amides is 1. The maximum Gasteiger partial charge on any atom is 0.252 e. The summed E-state index contributed by atoms with van der Waals surface area (Å²) < 4.78 is 0. The standard InChI is InChI=1S/C12H15BrN2O2/c1-12(2,11(14)17)15-10(16)9-5-3-8(7-13)4-6-9/h3-6H,7H2,1-2H3,(H2,14,17)(H,15,16). The van der Waals surface area contributed by atoms with E-state index in [-0.39, 0.29) is 5.91 Å². The van der Waals surface area contributed by atoms with Crippen molar-refractivity contribution in [1.29, 1.82) is 0 Å². The van der Waals surface area contributed by atoms with E-state index in [0.717, 1.165) is 10.9 Å². The molecule has 1 rings (SSSR count). The van der Waals surface area contributed by atoms with Crippen molar-refractivity contribution in [2.24, 2.45) is 5.73 Å². The normalized spacial score (nSPS) is 11.0. The molecule has 0 aliphatic carbocycles. The van der Waals surface area contributed by atoms with Crippen molar-refractivity contribution in [1.82, 2.24) is 5.32 Å². The van der Waals surface area contributed by atoms with E-state index in [1.165, 1.54) is 0 Å². The van der Waals surface area contributed by atoms with Gasteiger partial charge in [-0.15, -0.1) is 0 Å². The Labute approximate surface area is 109 Å². The Hall–Kier alpha value is -1.36. The largest absolute Gasteiger partial charge is 0.368 e. The van der Waals surface area contributed by atoms with Crippen molar-refractivity contribution in [3.63, 3.8) is 0 Å². The summed E-state index contributed by atoms with van der Waals surface area (Å²) in [6.45, 7) is 3.14. The zero-order valence-corrected chi connectivity index (χ0v) is 11.4. The first-order valence-corrected chi connectivity index (χ1v) is 6.26. The smallest absolute Gasteiger partial charge is 0.252 e. The molecule has 0 aliphatic heterocycles. The molecule has 0 aliphatic rings. The van der Waals surface area contributed by atoms with Gasteiger partial charge in [0.05, 0.1) is 0 Å². The number of nitrogens with one attached hydrogen (secondary N) is 1. The maximum absolute atomic E-state index is 11.8. The lowest BCUT2D eigenvalue weighted by molar-refractivity contribution is -0.122. The fourth-order valence-electron chi connectivity index (χ4n) is 1.16. The summed E-state index contributed by atoms with van der Waals surface area (Å²) in [7, 11) is 0. The van der Waals surface area contributed by atoms with Crippen LogP contribution in [0.1, 0.15) is 29.8 Å². The molecule has 1 aromatic carbocycles. The number of alkyl halides is 1. The van der Waals surface area contributed by atoms with Crippen molar-refractivity contribution in [2.45, 2.75) is 24.7 Å². The molecule has 0 atom stereocenters. The summed E-state index contributed by atoms with van der Waals surface area (Å²) in [5, 5.41) is 3.32. The predicted octanol–water partition coefficient (Wildman–Crippen LogP) is 1.58. The van der Waals surface area contributed by atoms with E-state index in [0.29, 0.717) is 5.56 Å². The monoisotopic (exact) mass is 298 g/mol. The van der Waals surface area contributed by atoms with Crippen LogP contribution in [0.25, 0.3) is 0 Å². The van der Waals surface area contributed by atoms with Gasteiger partial charge >= 0.3 is 0 Å². The van der Waals surface area contributed by atoms with Crippen LogP contribution in [0.3, 0.4) is 0 Å². The Morgan fingerprint density at radius 1 is 1.29 bits per heavy atom. The second-order valence-electron chi connectivity index (χ2n) is 4.27. The molecule has 0 radical (unpaired) electrons. The number of hydrogen-bond donors (Lipinski definition) is 2. The third-order valence-corrected chi connectivity index (χ3v) is 3.06. The molecule has 0 bridgehead atoms. The topological polar surface area (TPSA) is 72.2 Å². The summed E-state index contributed by atoms with van der Waals surface area (Å²) in [6, 6.07) is 7.12. The van der Waals surface area contributed by atoms with Crippen molar-refractivity contribution in [3.05, 3.63) is 35.4 Å². The molecule has 0 spiro atoms. The van der Waals surface area contributed by atoms with Crippen LogP contribution in [0, 0.1) is 0 Å². The van der Waals surface area contributed by atoms with Gasteiger partial charge in [-0.05, 0) is 31.5 Å². The Balaban J connectivity index is 2.80. The second-order valence-corrected chi connectivity index (χ2v) is 4.83. The predicted molar refractivity (Wildman–Crippen MR) is 69.8 cm³/mol. The van der Waals surface area contributed by atoms with Gasteiger partial charge in [0.25, 0.3) is 5.91 Å². The van der Waals surface area contributed by atoms with Gasteiger partial charge in [0.15, 0.2) is 0 Å². The summed E-state index contributed by atoms with van der Waals surface area (Å²) in [5.74, 6) is -0.877. The maximum atomic E-state index is 11.8. The number of amides is 2. The lowest BCUT2D eigenvalue weighted by atomic mass is 10.0. The molecule has 3 N–H and O–H groups in total. The molecule has 2 amide bonds. The fourth-order valence-corrected chi connectivity index (χ4v) is 1.54. The van der Waals surface area contributed by atoms with Crippen molar-refractivity contribution >= 4 is 27.7 Å². The number of nitrogens with two attached hydrogens (primary N) is 1. The second kappa shape index (κ2) is 5.31. The first-order chi connectivity index (χ1) is 7.86. The number of rotatable bonds is 4. The van der Waals surface area contributed by atoms with Gasteiger partial charge in [-0.1, -0.05) is 28.1 Å². The van der Waals surface area contributed by atoms with Gasteiger partial charge in [-0.2, -0.15) is 0 Å². The Morgan fingerprint density at radius 2 is 1.82 bits per heavy atom. The third-order valence-electron chi connectivity index (χ3n) is 2.41. The minimum absolute atomic E-state index is 0.310. The van der Waals surface area contributed by atoms with E-state index in [9.17, 15) is 9.59 Å². The van der Waals surface area contributed by atoms with Crippen LogP contribution in [-0.4, -0.2) is 17.4 Å². The first kappa shape index (κ1) is 13.7. The van der Waals surface area contributed by atoms with E-state index in [1.54, 1.807) is 26.0 Å². The van der Waals surface area contributed by atoms with Gasteiger partial charge in [0.1, 0.15) is 5.54 Å². The quantitative estimate of drug-likeness (QED) is 0.828. The van der Waals surface area contributed by atoms with E-state index < -0.39 is 11.4 Å². The van der Waals surface area contributed by atoms with E-state index in [4.69, 9.17) is 5.73 Å². The lowest BCUT2D eigenvalue weighted by Gasteiger charge is -2.22. The zero-order valence-electron chi connectivity index (χ0n) is 9.79. The highest BCUT2D eigenvalue weighted by atomic mass is 79.9. The number of halogens is 1. The molecule has 92 valence electrons. The molecule has 0 heterocycles. The molecule has 0 unspecified atom stereocenters. The van der Waals surface area contributed by atoms with Crippen LogP contribution < -0.4 is 11.1 Å². The van der Waals surface area contributed by atoms with Crippen molar-refractivity contribution in [2.75, 3.05) is 0 Å². The Morgan fingerprint density at radius 3 is 2.24 bits per heavy atom. The summed E-state index contributed by atoms with van der Waals surface area (Å²) in [5.41, 5.74) is 5.72. The number of carbonyl (C=O) groups is 2. The van der Waals surface area contributed by atoms with Gasteiger partial charge in [0, 0.05) is 10.9 Å². The third kappa shape index (κ3) is 3.56. The average molecular weight is 299 g/mol. The Bertz CT molecular complexity index is 427. The van der Waals surface area contributed by atoms with E-state index in [2.05, 4.69) is 21.2 Å². The molecule has 17 heavy (non-hydrogen) atoms. The van der Waals surface area contributed by atoms with Crippen molar-refractivity contribution < 1.29 is 9.59 Å². The summed E-state index contributed by atoms with van der Waals surface area (Å²) in [6.07, 6.45) is 0. The highest BCUT2D eigenvalue weighted by Crippen LogP contribution is 2.09. The molecule has 0 fully saturated rings. The minimum atomic E-state index is -1.05. The van der Waals surface area contributed by atoms with Gasteiger partial charge in [-0.3, -0.25) is 9.59 Å². The molecule has 0 saturated carbocycles. The van der Waals surface area contributed by atoms with Crippen LogP contribution in [0.2, 0.25) is 0 Å². The van der Waals surface area contributed by atoms with Crippen LogP contribution in [-0.2, 0) is 10.1 Å². The number of benzene rings is 1. The van der Waals surface area contributed by atoms with Gasteiger partial charge in [-0.25, -0.2) is 0 Å². The van der Waals surface area contributed by atoms with Crippen LogP contribution in [0.15, 0.2) is 24.3 Å². The fraction of sp³-hybridized carbons (Fsp3) is 0.333. The van der Waals surface area contributed by atoms with Crippen LogP contribution in [0.4, 0.5) is 0 Å². The summed E-state index contributed by atoms with van der Waals surface area (Å²) >= 11 is 3.33. The van der Waals surface area contributed by atoms with Gasteiger partial charge < -0.3 is 11.1 Å². The molecule has 0 saturated heterocycles. The molecule has 4 nitrogen and oxygen atoms in total. The van der Waals surface area contributed by atoms with E-state index in [1.807, 2.05) is 12.1 Å². The molecule has 0 aromatic heterocycles. The van der Waals surface area contributed by atoms with Crippen LogP contribution >= 0.6 is 15.9 Å². The average Bonchev–Trinajstić information content (AvgIpc) is 2.28. The summed E-state index contributed by atoms with van der Waals surface area (Å²) in [4.78, 5) is 22.9. The molecule has 5 heteroatoms. The molecular formula is C12H15BrN2O2. The van der Waals surface area contributed by atoms with Gasteiger partial charge in [0.2, 0.25) is 5.91 Å². The Kier molecular flexibility index (Phi) is 4.28. The highest BCUT2D eigenvalue weighted by Gasteiger charge is 2.27. The van der Waals surface area contributed by atoms with Crippen molar-refractivity contribution in [3.8, 4) is 0 Å². The highest BCUT2D eigenvalue weighted by molar-refractivity contribution is 9.08. The number of hydrogen-bond acceptors (Lipinski definition) is 2. The minimum Gasteiger partial charge on any atom is -0.368 e. The van der Waals surface area contributed by atoms with Crippen LogP contribution in [0.5, 0.6) is 0 Å². The lowest BCUT2D eigenvalue weighted by Crippen LogP contribution is -2.52. The SMILES string of the molecule is CC(C)(NC(=O)c1ccc(CBr)cc1)C(N)=O. The zero-order chi connectivity index (χ0) is 13.1. The molecular weight excluding hydrogens is 284 g/mol.